The number of aromatic nitrogens is 2. The highest BCUT2D eigenvalue weighted by Crippen LogP contribution is 2.22. The van der Waals surface area contributed by atoms with Gasteiger partial charge >= 0.3 is 0 Å². The lowest BCUT2D eigenvalue weighted by Gasteiger charge is -2.29. The van der Waals surface area contributed by atoms with E-state index in [1.807, 2.05) is 11.4 Å². The van der Waals surface area contributed by atoms with Crippen LogP contribution in [0.3, 0.4) is 0 Å². The first-order chi connectivity index (χ1) is 12.7. The molecule has 1 saturated heterocycles. The van der Waals surface area contributed by atoms with Gasteiger partial charge in [0.2, 0.25) is 11.9 Å². The molecule has 1 saturated carbocycles. The predicted octanol–water partition coefficient (Wildman–Crippen LogP) is 2.90. The van der Waals surface area contributed by atoms with Crippen molar-refractivity contribution in [3.8, 4) is 0 Å². The fourth-order valence-electron chi connectivity index (χ4n) is 4.05. The standard InChI is InChI=1S/C19H26N4O2S/c24-16(20-14-6-2-3-7-14)8-12-23-18(25)17-15(9-13-26-17)21-19(23)22-10-4-1-5-11-22/h9,13-14H,1-8,10-12H2,(H,20,24). The molecule has 1 N–H and O–H groups in total. The van der Waals surface area contributed by atoms with Gasteiger partial charge in [0.25, 0.3) is 5.56 Å². The van der Waals surface area contributed by atoms with E-state index in [1.165, 1.54) is 30.6 Å². The van der Waals surface area contributed by atoms with E-state index < -0.39 is 0 Å². The van der Waals surface area contributed by atoms with Gasteiger partial charge in [-0.05, 0) is 43.6 Å². The van der Waals surface area contributed by atoms with Gasteiger partial charge in [-0.1, -0.05) is 12.8 Å². The van der Waals surface area contributed by atoms with Crippen molar-refractivity contribution in [2.45, 2.75) is 64.0 Å². The molecule has 0 bridgehead atoms. The van der Waals surface area contributed by atoms with Crippen LogP contribution >= 0.6 is 11.3 Å². The number of amides is 1. The third-order valence-corrected chi connectivity index (χ3v) is 6.36. The lowest BCUT2D eigenvalue weighted by atomic mass is 10.1. The van der Waals surface area contributed by atoms with E-state index in [4.69, 9.17) is 4.98 Å². The highest BCUT2D eigenvalue weighted by molar-refractivity contribution is 7.17. The van der Waals surface area contributed by atoms with Crippen LogP contribution in [-0.2, 0) is 11.3 Å². The van der Waals surface area contributed by atoms with Crippen molar-refractivity contribution < 1.29 is 4.79 Å². The molecule has 0 spiro atoms. The SMILES string of the molecule is O=C(CCn1c(N2CCCCC2)nc2ccsc2c1=O)NC1CCCC1. The molecule has 0 atom stereocenters. The first-order valence-corrected chi connectivity index (χ1v) is 10.6. The largest absolute Gasteiger partial charge is 0.353 e. The number of carbonyl (C=O) groups excluding carboxylic acids is 1. The Bertz CT molecular complexity index is 832. The summed E-state index contributed by atoms with van der Waals surface area (Å²) in [7, 11) is 0. The Morgan fingerprint density at radius 1 is 1.19 bits per heavy atom. The zero-order valence-electron chi connectivity index (χ0n) is 15.1. The third kappa shape index (κ3) is 3.63. The molecule has 1 aliphatic carbocycles. The Hall–Kier alpha value is -1.89. The summed E-state index contributed by atoms with van der Waals surface area (Å²) in [4.78, 5) is 32.3. The number of piperidine rings is 1. The molecule has 3 heterocycles. The van der Waals surface area contributed by atoms with Crippen molar-refractivity contribution in [2.75, 3.05) is 18.0 Å². The van der Waals surface area contributed by atoms with Crippen molar-refractivity contribution in [3.63, 3.8) is 0 Å². The maximum absolute atomic E-state index is 13.0. The fourth-order valence-corrected chi connectivity index (χ4v) is 4.83. The van der Waals surface area contributed by atoms with Gasteiger partial charge in [0.15, 0.2) is 0 Å². The van der Waals surface area contributed by atoms with Crippen LogP contribution in [0.2, 0.25) is 0 Å². The van der Waals surface area contributed by atoms with Gasteiger partial charge in [0.05, 0.1) is 5.52 Å². The maximum atomic E-state index is 13.0. The molecule has 1 amide bonds. The minimum atomic E-state index is -0.0146. The average Bonchev–Trinajstić information content (AvgIpc) is 3.33. The summed E-state index contributed by atoms with van der Waals surface area (Å²) in [6.45, 7) is 2.25. The summed E-state index contributed by atoms with van der Waals surface area (Å²) in [5.41, 5.74) is 0.756. The molecular formula is C19H26N4O2S. The van der Waals surface area contributed by atoms with Crippen LogP contribution in [0.15, 0.2) is 16.2 Å². The van der Waals surface area contributed by atoms with Crippen LogP contribution in [-0.4, -0.2) is 34.6 Å². The second-order valence-electron chi connectivity index (χ2n) is 7.35. The Labute approximate surface area is 157 Å². The van der Waals surface area contributed by atoms with E-state index in [0.717, 1.165) is 50.2 Å². The highest BCUT2D eigenvalue weighted by atomic mass is 32.1. The number of hydrogen-bond donors (Lipinski definition) is 1. The summed E-state index contributed by atoms with van der Waals surface area (Å²) in [5.74, 6) is 0.772. The van der Waals surface area contributed by atoms with Gasteiger partial charge in [0.1, 0.15) is 4.70 Å². The van der Waals surface area contributed by atoms with Gasteiger partial charge in [-0.15, -0.1) is 11.3 Å². The zero-order valence-corrected chi connectivity index (χ0v) is 15.9. The molecule has 7 heteroatoms. The van der Waals surface area contributed by atoms with Crippen LogP contribution in [0.4, 0.5) is 5.95 Å². The molecule has 26 heavy (non-hydrogen) atoms. The van der Waals surface area contributed by atoms with E-state index in [-0.39, 0.29) is 11.5 Å². The second-order valence-corrected chi connectivity index (χ2v) is 8.27. The lowest BCUT2D eigenvalue weighted by molar-refractivity contribution is -0.122. The molecular weight excluding hydrogens is 348 g/mol. The number of carbonyl (C=O) groups is 1. The molecule has 0 unspecified atom stereocenters. The summed E-state index contributed by atoms with van der Waals surface area (Å²) >= 11 is 1.43. The Morgan fingerprint density at radius 3 is 2.73 bits per heavy atom. The third-order valence-electron chi connectivity index (χ3n) is 5.47. The Morgan fingerprint density at radius 2 is 1.96 bits per heavy atom. The molecule has 6 nitrogen and oxygen atoms in total. The van der Waals surface area contributed by atoms with Gasteiger partial charge in [-0.2, -0.15) is 0 Å². The molecule has 1 aliphatic heterocycles. The number of thiophene rings is 1. The number of hydrogen-bond acceptors (Lipinski definition) is 5. The fraction of sp³-hybridized carbons (Fsp3) is 0.632. The minimum absolute atomic E-state index is 0.0146. The van der Waals surface area contributed by atoms with Gasteiger partial charge in [-0.3, -0.25) is 14.2 Å². The first-order valence-electron chi connectivity index (χ1n) is 9.75. The number of fused-ring (bicyclic) bond motifs is 1. The maximum Gasteiger partial charge on any atom is 0.272 e. The summed E-state index contributed by atoms with van der Waals surface area (Å²) in [6.07, 6.45) is 8.35. The Kier molecular flexibility index (Phi) is 5.24. The van der Waals surface area contributed by atoms with Crippen molar-refractivity contribution in [3.05, 3.63) is 21.8 Å². The predicted molar refractivity (Wildman–Crippen MR) is 105 cm³/mol. The van der Waals surface area contributed by atoms with Crippen molar-refractivity contribution in [1.82, 2.24) is 14.9 Å². The average molecular weight is 375 g/mol. The summed E-state index contributed by atoms with van der Waals surface area (Å²) < 4.78 is 2.40. The normalized spacial score (nSPS) is 18.5. The highest BCUT2D eigenvalue weighted by Gasteiger charge is 2.21. The van der Waals surface area contributed by atoms with E-state index in [1.54, 1.807) is 4.57 Å². The molecule has 0 aromatic carbocycles. The molecule has 140 valence electrons. The van der Waals surface area contributed by atoms with Crippen LogP contribution < -0.4 is 15.8 Å². The number of rotatable bonds is 5. The van der Waals surface area contributed by atoms with Gasteiger partial charge in [-0.25, -0.2) is 4.98 Å². The second kappa shape index (κ2) is 7.78. The van der Waals surface area contributed by atoms with E-state index in [0.29, 0.717) is 23.7 Å². The molecule has 4 rings (SSSR count). The zero-order chi connectivity index (χ0) is 17.9. The molecule has 2 aromatic rings. The first kappa shape index (κ1) is 17.5. The van der Waals surface area contributed by atoms with Crippen LogP contribution in [0.1, 0.15) is 51.4 Å². The van der Waals surface area contributed by atoms with Gasteiger partial charge < -0.3 is 10.2 Å². The summed E-state index contributed by atoms with van der Waals surface area (Å²) in [5, 5.41) is 5.03. The van der Waals surface area contributed by atoms with Crippen molar-refractivity contribution >= 4 is 33.4 Å². The number of anilines is 1. The molecule has 0 radical (unpaired) electrons. The van der Waals surface area contributed by atoms with Gasteiger partial charge in [0, 0.05) is 32.1 Å². The summed E-state index contributed by atoms with van der Waals surface area (Å²) in [6, 6.07) is 2.23. The van der Waals surface area contributed by atoms with E-state index >= 15 is 0 Å². The Balaban J connectivity index is 1.56. The van der Waals surface area contributed by atoms with Crippen molar-refractivity contribution in [1.29, 1.82) is 0 Å². The number of nitrogens with one attached hydrogen (secondary N) is 1. The smallest absolute Gasteiger partial charge is 0.272 e. The van der Waals surface area contributed by atoms with E-state index in [9.17, 15) is 9.59 Å². The monoisotopic (exact) mass is 374 g/mol. The lowest BCUT2D eigenvalue weighted by Crippen LogP contribution is -2.38. The van der Waals surface area contributed by atoms with Crippen LogP contribution in [0, 0.1) is 0 Å². The molecule has 2 aliphatic rings. The van der Waals surface area contributed by atoms with Crippen molar-refractivity contribution in [2.24, 2.45) is 0 Å². The quantitative estimate of drug-likeness (QED) is 0.874. The van der Waals surface area contributed by atoms with Crippen LogP contribution in [0.5, 0.6) is 0 Å². The van der Waals surface area contributed by atoms with E-state index in [2.05, 4.69) is 10.2 Å². The molecule has 2 fully saturated rings. The molecule has 2 aromatic heterocycles. The van der Waals surface area contributed by atoms with Crippen LogP contribution in [0.25, 0.3) is 10.2 Å². The minimum Gasteiger partial charge on any atom is -0.353 e. The number of nitrogens with zero attached hydrogens (tertiary/aromatic N) is 3. The topological polar surface area (TPSA) is 67.2 Å².